The van der Waals surface area contributed by atoms with Crippen LogP contribution < -0.4 is 10.1 Å². The van der Waals surface area contributed by atoms with Crippen LogP contribution in [-0.2, 0) is 6.42 Å². The number of aromatic nitrogens is 1. The molecular formula is C16H26N2O. The highest BCUT2D eigenvalue weighted by Crippen LogP contribution is 2.19. The summed E-state index contributed by atoms with van der Waals surface area (Å²) in [5.74, 6) is 0.962. The number of hydrogen-bond donors (Lipinski definition) is 1. The zero-order valence-corrected chi connectivity index (χ0v) is 12.2. The zero-order chi connectivity index (χ0) is 13.5. The van der Waals surface area contributed by atoms with Crippen LogP contribution in [0.4, 0.5) is 0 Å². The van der Waals surface area contributed by atoms with Crippen molar-refractivity contribution in [3.63, 3.8) is 0 Å². The van der Waals surface area contributed by atoms with E-state index in [1.165, 1.54) is 25.7 Å². The summed E-state index contributed by atoms with van der Waals surface area (Å²) in [6.45, 7) is 6.12. The van der Waals surface area contributed by atoms with E-state index in [9.17, 15) is 0 Å². The molecule has 0 spiro atoms. The summed E-state index contributed by atoms with van der Waals surface area (Å²) >= 11 is 0. The first-order valence-electron chi connectivity index (χ1n) is 7.62. The fourth-order valence-corrected chi connectivity index (χ4v) is 2.16. The Bertz CT molecular complexity index is 388. The quantitative estimate of drug-likeness (QED) is 0.694. The summed E-state index contributed by atoms with van der Waals surface area (Å²) < 4.78 is 5.84. The molecule has 2 rings (SSSR count). The van der Waals surface area contributed by atoms with Gasteiger partial charge in [0.15, 0.2) is 0 Å². The van der Waals surface area contributed by atoms with Gasteiger partial charge in [-0.25, -0.2) is 0 Å². The van der Waals surface area contributed by atoms with Crippen LogP contribution in [0.2, 0.25) is 0 Å². The summed E-state index contributed by atoms with van der Waals surface area (Å²) in [6.07, 6.45) is 7.31. The number of unbranched alkanes of at least 4 members (excludes halogenated alkanes) is 2. The Morgan fingerprint density at radius 3 is 2.84 bits per heavy atom. The zero-order valence-electron chi connectivity index (χ0n) is 12.2. The number of nitrogens with zero attached hydrogens (tertiary/aromatic N) is 1. The molecule has 1 heterocycles. The van der Waals surface area contributed by atoms with E-state index in [1.54, 1.807) is 0 Å². The molecule has 0 radical (unpaired) electrons. The maximum absolute atomic E-state index is 5.84. The van der Waals surface area contributed by atoms with Gasteiger partial charge in [-0.3, -0.25) is 4.98 Å². The fraction of sp³-hybridized carbons (Fsp3) is 0.688. The average molecular weight is 262 g/mol. The molecule has 0 amide bonds. The van der Waals surface area contributed by atoms with E-state index in [0.29, 0.717) is 0 Å². The minimum atomic E-state index is 0.807. The average Bonchev–Trinajstić information content (AvgIpc) is 3.23. The monoisotopic (exact) mass is 262 g/mol. The van der Waals surface area contributed by atoms with Crippen LogP contribution in [0.3, 0.4) is 0 Å². The van der Waals surface area contributed by atoms with Gasteiger partial charge in [-0.1, -0.05) is 6.92 Å². The highest BCUT2D eigenvalue weighted by Gasteiger charge is 2.19. The Morgan fingerprint density at radius 2 is 2.11 bits per heavy atom. The van der Waals surface area contributed by atoms with Gasteiger partial charge >= 0.3 is 0 Å². The predicted molar refractivity (Wildman–Crippen MR) is 78.7 cm³/mol. The smallest absolute Gasteiger partial charge is 0.140 e. The second kappa shape index (κ2) is 7.49. The molecule has 0 aromatic carbocycles. The molecule has 106 valence electrons. The summed E-state index contributed by atoms with van der Waals surface area (Å²) in [5.41, 5.74) is 2.14. The molecule has 1 aromatic rings. The molecule has 1 saturated carbocycles. The predicted octanol–water partition coefficient (Wildman–Crippen LogP) is 3.25. The van der Waals surface area contributed by atoms with Crippen LogP contribution >= 0.6 is 0 Å². The third kappa shape index (κ3) is 5.19. The standard InChI is InChI=1S/C16H26N2O/c1-3-15-16(10-7-13(2)18-15)19-12-6-4-5-11-17-14-8-9-14/h7,10,14,17H,3-6,8-9,11-12H2,1-2H3. The topological polar surface area (TPSA) is 34.1 Å². The second-order valence-corrected chi connectivity index (χ2v) is 5.39. The van der Waals surface area contributed by atoms with Crippen LogP contribution in [0.15, 0.2) is 12.1 Å². The van der Waals surface area contributed by atoms with Crippen molar-refractivity contribution in [2.45, 2.75) is 58.4 Å². The number of nitrogens with one attached hydrogen (secondary N) is 1. The minimum Gasteiger partial charge on any atom is -0.492 e. The van der Waals surface area contributed by atoms with Gasteiger partial charge in [0.05, 0.1) is 12.3 Å². The molecular weight excluding hydrogens is 236 g/mol. The summed E-state index contributed by atoms with van der Waals surface area (Å²) in [6, 6.07) is 4.91. The number of rotatable bonds is 9. The molecule has 3 nitrogen and oxygen atoms in total. The lowest BCUT2D eigenvalue weighted by Crippen LogP contribution is -2.17. The van der Waals surface area contributed by atoms with Gasteiger partial charge in [-0.2, -0.15) is 0 Å². The highest BCUT2D eigenvalue weighted by molar-refractivity contribution is 5.29. The number of pyridine rings is 1. The summed E-state index contributed by atoms with van der Waals surface area (Å²) in [4.78, 5) is 4.51. The van der Waals surface area contributed by atoms with Crippen molar-refractivity contribution in [2.24, 2.45) is 0 Å². The Morgan fingerprint density at radius 1 is 1.26 bits per heavy atom. The number of hydrogen-bond acceptors (Lipinski definition) is 3. The van der Waals surface area contributed by atoms with Crippen molar-refractivity contribution in [1.82, 2.24) is 10.3 Å². The first-order chi connectivity index (χ1) is 9.29. The minimum absolute atomic E-state index is 0.807. The van der Waals surface area contributed by atoms with E-state index in [1.807, 2.05) is 13.0 Å². The SMILES string of the molecule is CCc1nc(C)ccc1OCCCCCNC1CC1. The van der Waals surface area contributed by atoms with E-state index in [2.05, 4.69) is 23.3 Å². The normalized spacial score (nSPS) is 14.6. The van der Waals surface area contributed by atoms with E-state index in [4.69, 9.17) is 4.74 Å². The summed E-state index contributed by atoms with van der Waals surface area (Å²) in [7, 11) is 0. The lowest BCUT2D eigenvalue weighted by Gasteiger charge is -2.10. The third-order valence-electron chi connectivity index (χ3n) is 3.50. The van der Waals surface area contributed by atoms with Gasteiger partial charge in [-0.05, 0) is 64.1 Å². The molecule has 0 atom stereocenters. The Hall–Kier alpha value is -1.09. The third-order valence-corrected chi connectivity index (χ3v) is 3.50. The number of aryl methyl sites for hydroxylation is 2. The molecule has 1 fully saturated rings. The maximum atomic E-state index is 5.84. The maximum Gasteiger partial charge on any atom is 0.140 e. The van der Waals surface area contributed by atoms with Gasteiger partial charge in [0.25, 0.3) is 0 Å². The van der Waals surface area contributed by atoms with Crippen molar-refractivity contribution in [3.05, 3.63) is 23.5 Å². The largest absolute Gasteiger partial charge is 0.492 e. The fourth-order valence-electron chi connectivity index (χ4n) is 2.16. The van der Waals surface area contributed by atoms with Crippen molar-refractivity contribution in [3.8, 4) is 5.75 Å². The van der Waals surface area contributed by atoms with Gasteiger partial charge in [0, 0.05) is 11.7 Å². The molecule has 0 saturated heterocycles. The van der Waals surface area contributed by atoms with Crippen LogP contribution in [-0.4, -0.2) is 24.2 Å². The second-order valence-electron chi connectivity index (χ2n) is 5.39. The van der Waals surface area contributed by atoms with Crippen LogP contribution in [0.5, 0.6) is 5.75 Å². The van der Waals surface area contributed by atoms with Crippen LogP contribution in [0, 0.1) is 6.92 Å². The van der Waals surface area contributed by atoms with E-state index in [-0.39, 0.29) is 0 Å². The molecule has 19 heavy (non-hydrogen) atoms. The van der Waals surface area contributed by atoms with E-state index < -0.39 is 0 Å². The van der Waals surface area contributed by atoms with Crippen molar-refractivity contribution in [2.75, 3.05) is 13.2 Å². The Kier molecular flexibility index (Phi) is 5.64. The van der Waals surface area contributed by atoms with Crippen LogP contribution in [0.25, 0.3) is 0 Å². The van der Waals surface area contributed by atoms with Gasteiger partial charge in [-0.15, -0.1) is 0 Å². The molecule has 1 aliphatic rings. The van der Waals surface area contributed by atoms with Crippen LogP contribution in [0.1, 0.15) is 50.4 Å². The van der Waals surface area contributed by atoms with Crippen molar-refractivity contribution in [1.29, 1.82) is 0 Å². The molecule has 0 unspecified atom stereocenters. The Balaban J connectivity index is 1.59. The Labute approximate surface area is 116 Å². The lowest BCUT2D eigenvalue weighted by molar-refractivity contribution is 0.300. The van der Waals surface area contributed by atoms with Crippen molar-refractivity contribution >= 4 is 0 Å². The van der Waals surface area contributed by atoms with Gasteiger partial charge in [0.1, 0.15) is 5.75 Å². The molecule has 1 aliphatic carbocycles. The highest BCUT2D eigenvalue weighted by atomic mass is 16.5. The summed E-state index contributed by atoms with van der Waals surface area (Å²) in [5, 5.41) is 3.54. The molecule has 3 heteroatoms. The molecule has 0 bridgehead atoms. The molecule has 0 aliphatic heterocycles. The van der Waals surface area contributed by atoms with Crippen molar-refractivity contribution < 1.29 is 4.74 Å². The van der Waals surface area contributed by atoms with Gasteiger partial charge in [0.2, 0.25) is 0 Å². The molecule has 1 aromatic heterocycles. The van der Waals surface area contributed by atoms with E-state index in [0.717, 1.165) is 49.2 Å². The first-order valence-corrected chi connectivity index (χ1v) is 7.62. The van der Waals surface area contributed by atoms with E-state index >= 15 is 0 Å². The molecule has 1 N–H and O–H groups in total. The lowest BCUT2D eigenvalue weighted by atomic mass is 10.2. The van der Waals surface area contributed by atoms with Gasteiger partial charge < -0.3 is 10.1 Å². The first kappa shape index (κ1) is 14.3. The number of ether oxygens (including phenoxy) is 1.